The van der Waals surface area contributed by atoms with Gasteiger partial charge in [0.1, 0.15) is 5.82 Å². The van der Waals surface area contributed by atoms with Crippen LogP contribution in [-0.4, -0.2) is 29.9 Å². The molecule has 134 valence electrons. The van der Waals surface area contributed by atoms with Gasteiger partial charge in [0.15, 0.2) is 5.96 Å². The van der Waals surface area contributed by atoms with E-state index in [1.807, 2.05) is 19.9 Å². The number of nitrogens with zero attached hydrogens (tertiary/aromatic N) is 2. The summed E-state index contributed by atoms with van der Waals surface area (Å²) in [5, 5.41) is 11.2. The Morgan fingerprint density at radius 3 is 2.72 bits per heavy atom. The predicted octanol–water partition coefficient (Wildman–Crippen LogP) is 2.84. The minimum absolute atomic E-state index is 0.0752. The Balaban J connectivity index is 1.79. The lowest BCUT2D eigenvalue weighted by Gasteiger charge is -2.11. The summed E-state index contributed by atoms with van der Waals surface area (Å²) in [6, 6.07) is 5.82. The highest BCUT2D eigenvalue weighted by atomic mass is 32.1. The first-order valence-corrected chi connectivity index (χ1v) is 9.24. The van der Waals surface area contributed by atoms with Gasteiger partial charge in [0, 0.05) is 30.6 Å². The molecular weight excluding hydrogens is 334 g/mol. The number of aryl methyl sites for hydroxylation is 2. The maximum Gasteiger partial charge on any atom is 0.227 e. The van der Waals surface area contributed by atoms with Gasteiger partial charge in [-0.15, -0.1) is 11.3 Å². The van der Waals surface area contributed by atoms with Crippen molar-refractivity contribution in [2.24, 2.45) is 4.99 Å². The van der Waals surface area contributed by atoms with Crippen molar-refractivity contribution in [1.29, 1.82) is 0 Å². The lowest BCUT2D eigenvalue weighted by atomic mass is 10.3. The van der Waals surface area contributed by atoms with Crippen LogP contribution < -0.4 is 16.0 Å². The third kappa shape index (κ3) is 6.54. The monoisotopic (exact) mass is 359 g/mol. The number of guanidine groups is 1. The number of amides is 1. The van der Waals surface area contributed by atoms with Crippen molar-refractivity contribution in [3.8, 4) is 0 Å². The van der Waals surface area contributed by atoms with Crippen LogP contribution in [0.1, 0.15) is 29.3 Å². The molecule has 6 nitrogen and oxygen atoms in total. The van der Waals surface area contributed by atoms with Crippen LogP contribution in [-0.2, 0) is 11.3 Å². The standard InChI is InChI=1S/C18H25N5OS/c1-4-19-18(22-12-15-14(3)8-10-25-15)20-9-7-17(24)23-16-6-5-13(2)11-21-16/h5-6,8,10-11H,4,7,9,12H2,1-3H3,(H2,19,20,22)(H,21,23,24). The van der Waals surface area contributed by atoms with Crippen molar-refractivity contribution in [2.75, 3.05) is 18.4 Å². The van der Waals surface area contributed by atoms with Crippen molar-refractivity contribution < 1.29 is 4.79 Å². The van der Waals surface area contributed by atoms with E-state index in [1.165, 1.54) is 10.4 Å². The number of aliphatic imine (C=N–C) groups is 1. The van der Waals surface area contributed by atoms with E-state index >= 15 is 0 Å². The van der Waals surface area contributed by atoms with Crippen LogP contribution in [0.3, 0.4) is 0 Å². The van der Waals surface area contributed by atoms with Gasteiger partial charge in [-0.3, -0.25) is 4.79 Å². The molecule has 0 aliphatic rings. The number of carbonyl (C=O) groups is 1. The predicted molar refractivity (Wildman–Crippen MR) is 104 cm³/mol. The highest BCUT2D eigenvalue weighted by Crippen LogP contribution is 2.16. The number of pyridine rings is 1. The molecule has 0 atom stereocenters. The van der Waals surface area contributed by atoms with Crippen molar-refractivity contribution in [3.63, 3.8) is 0 Å². The van der Waals surface area contributed by atoms with E-state index in [0.717, 1.165) is 18.1 Å². The molecule has 0 aliphatic heterocycles. The molecule has 0 aromatic carbocycles. The Labute approximate surface area is 152 Å². The third-order valence-electron chi connectivity index (χ3n) is 3.52. The molecule has 2 rings (SSSR count). The lowest BCUT2D eigenvalue weighted by Crippen LogP contribution is -2.38. The molecule has 1 amide bonds. The molecule has 0 radical (unpaired) electrons. The largest absolute Gasteiger partial charge is 0.357 e. The highest BCUT2D eigenvalue weighted by Gasteiger charge is 2.05. The maximum absolute atomic E-state index is 12.0. The number of nitrogens with one attached hydrogen (secondary N) is 3. The van der Waals surface area contributed by atoms with E-state index in [0.29, 0.717) is 25.3 Å². The van der Waals surface area contributed by atoms with Gasteiger partial charge in [-0.25, -0.2) is 9.98 Å². The van der Waals surface area contributed by atoms with Crippen molar-refractivity contribution in [1.82, 2.24) is 15.6 Å². The SMILES string of the molecule is CCNC(=NCc1sccc1C)NCCC(=O)Nc1ccc(C)cn1. The second-order valence-electron chi connectivity index (χ2n) is 5.67. The number of rotatable bonds is 7. The number of hydrogen-bond acceptors (Lipinski definition) is 4. The molecule has 2 heterocycles. The number of thiophene rings is 1. The van der Waals surface area contributed by atoms with E-state index < -0.39 is 0 Å². The van der Waals surface area contributed by atoms with E-state index in [-0.39, 0.29) is 5.91 Å². The first-order valence-electron chi connectivity index (χ1n) is 8.36. The van der Waals surface area contributed by atoms with Crippen LogP contribution in [0.15, 0.2) is 34.8 Å². The van der Waals surface area contributed by atoms with Crippen LogP contribution in [0.5, 0.6) is 0 Å². The molecule has 0 saturated carbocycles. The molecule has 0 aliphatic carbocycles. The van der Waals surface area contributed by atoms with Crippen LogP contribution >= 0.6 is 11.3 Å². The van der Waals surface area contributed by atoms with Crippen LogP contribution in [0.25, 0.3) is 0 Å². The summed E-state index contributed by atoms with van der Waals surface area (Å²) in [5.41, 5.74) is 2.32. The molecule has 0 saturated heterocycles. The van der Waals surface area contributed by atoms with E-state index in [1.54, 1.807) is 23.6 Å². The summed E-state index contributed by atoms with van der Waals surface area (Å²) in [6.07, 6.45) is 2.08. The fourth-order valence-corrected chi connectivity index (χ4v) is 2.93. The number of anilines is 1. The average Bonchev–Trinajstić information content (AvgIpc) is 3.00. The zero-order valence-electron chi connectivity index (χ0n) is 14.9. The van der Waals surface area contributed by atoms with Crippen molar-refractivity contribution in [3.05, 3.63) is 45.8 Å². The first-order chi connectivity index (χ1) is 12.1. The number of carbonyl (C=O) groups excluding carboxylic acids is 1. The molecule has 2 aromatic rings. The van der Waals surface area contributed by atoms with Crippen molar-refractivity contribution in [2.45, 2.75) is 33.7 Å². The Morgan fingerprint density at radius 2 is 2.08 bits per heavy atom. The van der Waals surface area contributed by atoms with Gasteiger partial charge in [0.2, 0.25) is 5.91 Å². The third-order valence-corrected chi connectivity index (χ3v) is 4.52. The van der Waals surface area contributed by atoms with Gasteiger partial charge in [-0.1, -0.05) is 6.07 Å². The van der Waals surface area contributed by atoms with Gasteiger partial charge in [-0.05, 0) is 49.4 Å². The van der Waals surface area contributed by atoms with Gasteiger partial charge >= 0.3 is 0 Å². The fraction of sp³-hybridized carbons (Fsp3) is 0.389. The average molecular weight is 359 g/mol. The smallest absolute Gasteiger partial charge is 0.227 e. The quantitative estimate of drug-likeness (QED) is 0.525. The molecule has 0 fully saturated rings. The summed E-state index contributed by atoms with van der Waals surface area (Å²) < 4.78 is 0. The summed E-state index contributed by atoms with van der Waals surface area (Å²) in [4.78, 5) is 22.0. The first kappa shape index (κ1) is 18.9. The van der Waals surface area contributed by atoms with Crippen molar-refractivity contribution >= 4 is 29.0 Å². The van der Waals surface area contributed by atoms with Gasteiger partial charge in [0.05, 0.1) is 6.54 Å². The zero-order chi connectivity index (χ0) is 18.1. The molecule has 3 N–H and O–H groups in total. The van der Waals surface area contributed by atoms with E-state index in [9.17, 15) is 4.79 Å². The zero-order valence-corrected chi connectivity index (χ0v) is 15.7. The number of aromatic nitrogens is 1. The molecule has 7 heteroatoms. The van der Waals surface area contributed by atoms with Gasteiger partial charge < -0.3 is 16.0 Å². The van der Waals surface area contributed by atoms with Crippen LogP contribution in [0, 0.1) is 13.8 Å². The Hall–Kier alpha value is -2.41. The van der Waals surface area contributed by atoms with Gasteiger partial charge in [0.25, 0.3) is 0 Å². The molecule has 2 aromatic heterocycles. The molecule has 25 heavy (non-hydrogen) atoms. The van der Waals surface area contributed by atoms with E-state index in [2.05, 4.69) is 44.3 Å². The molecular formula is C18H25N5OS. The second-order valence-corrected chi connectivity index (χ2v) is 6.67. The summed E-state index contributed by atoms with van der Waals surface area (Å²) in [5.74, 6) is 1.22. The topological polar surface area (TPSA) is 78.4 Å². The fourth-order valence-electron chi connectivity index (χ4n) is 2.10. The normalized spacial score (nSPS) is 11.2. The maximum atomic E-state index is 12.0. The second kappa shape index (κ2) is 9.78. The minimum Gasteiger partial charge on any atom is -0.357 e. The Kier molecular flexibility index (Phi) is 7.40. The highest BCUT2D eigenvalue weighted by molar-refractivity contribution is 7.10. The lowest BCUT2D eigenvalue weighted by molar-refractivity contribution is -0.116. The molecule has 0 unspecified atom stereocenters. The number of hydrogen-bond donors (Lipinski definition) is 3. The molecule has 0 bridgehead atoms. The van der Waals surface area contributed by atoms with Crippen LogP contribution in [0.2, 0.25) is 0 Å². The summed E-state index contributed by atoms with van der Waals surface area (Å²) >= 11 is 1.71. The Morgan fingerprint density at radius 1 is 1.24 bits per heavy atom. The Bertz CT molecular complexity index is 709. The summed E-state index contributed by atoms with van der Waals surface area (Å²) in [6.45, 7) is 7.98. The van der Waals surface area contributed by atoms with Gasteiger partial charge in [-0.2, -0.15) is 0 Å². The molecule has 0 spiro atoms. The summed E-state index contributed by atoms with van der Waals surface area (Å²) in [7, 11) is 0. The van der Waals surface area contributed by atoms with Crippen LogP contribution in [0.4, 0.5) is 5.82 Å². The minimum atomic E-state index is -0.0752. The van der Waals surface area contributed by atoms with E-state index in [4.69, 9.17) is 0 Å².